The van der Waals surface area contributed by atoms with Crippen LogP contribution in [0.3, 0.4) is 0 Å². The molecule has 3 aromatic rings. The van der Waals surface area contributed by atoms with Gasteiger partial charge < -0.3 is 0 Å². The molecule has 0 fully saturated rings. The zero-order valence-corrected chi connectivity index (χ0v) is 14.4. The number of halogens is 3. The van der Waals surface area contributed by atoms with E-state index < -0.39 is 4.92 Å². The first-order chi connectivity index (χ1) is 11.0. The van der Waals surface area contributed by atoms with Crippen LogP contribution in [0.15, 0.2) is 41.8 Å². The molecule has 0 aliphatic rings. The van der Waals surface area contributed by atoms with E-state index in [0.717, 1.165) is 5.56 Å². The lowest BCUT2D eigenvalue weighted by atomic mass is 10.1. The lowest BCUT2D eigenvalue weighted by Crippen LogP contribution is -1.87. The summed E-state index contributed by atoms with van der Waals surface area (Å²) in [5.74, 6) is 0. The third-order valence-electron chi connectivity index (χ3n) is 3.10. The van der Waals surface area contributed by atoms with Gasteiger partial charge in [-0.25, -0.2) is 4.98 Å². The number of benzene rings is 2. The molecule has 0 radical (unpaired) electrons. The number of nitro groups is 1. The van der Waals surface area contributed by atoms with E-state index >= 15 is 0 Å². The third kappa shape index (κ3) is 3.33. The number of nitrogens with zero attached hydrogens (tertiary/aromatic N) is 2. The maximum absolute atomic E-state index is 10.7. The highest BCUT2D eigenvalue weighted by Crippen LogP contribution is 2.39. The summed E-state index contributed by atoms with van der Waals surface area (Å²) >= 11 is 19.7. The summed E-state index contributed by atoms with van der Waals surface area (Å²) in [6.45, 7) is 0. The number of non-ortho nitro benzene ring substituents is 1. The molecule has 116 valence electrons. The van der Waals surface area contributed by atoms with Crippen molar-refractivity contribution < 1.29 is 4.92 Å². The number of thiazole rings is 1. The third-order valence-corrected chi connectivity index (χ3v) is 5.00. The van der Waals surface area contributed by atoms with E-state index in [1.54, 1.807) is 24.3 Å². The zero-order valence-electron chi connectivity index (χ0n) is 11.3. The van der Waals surface area contributed by atoms with E-state index in [1.807, 2.05) is 5.38 Å². The van der Waals surface area contributed by atoms with Gasteiger partial charge in [0, 0.05) is 33.7 Å². The van der Waals surface area contributed by atoms with Crippen LogP contribution < -0.4 is 0 Å². The van der Waals surface area contributed by atoms with E-state index in [1.165, 1.54) is 23.5 Å². The Hall–Kier alpha value is -1.66. The number of hydrogen-bond acceptors (Lipinski definition) is 4. The first kappa shape index (κ1) is 16.2. The molecule has 3 rings (SSSR count). The van der Waals surface area contributed by atoms with Gasteiger partial charge in [0.05, 0.1) is 20.7 Å². The van der Waals surface area contributed by atoms with Crippen molar-refractivity contribution >= 4 is 51.8 Å². The molecule has 0 atom stereocenters. The Morgan fingerprint density at radius 3 is 2.43 bits per heavy atom. The van der Waals surface area contributed by atoms with E-state index in [0.29, 0.717) is 31.3 Å². The number of hydrogen-bond donors (Lipinski definition) is 0. The summed E-state index contributed by atoms with van der Waals surface area (Å²) in [7, 11) is 0. The average Bonchev–Trinajstić information content (AvgIpc) is 3.00. The number of rotatable bonds is 3. The molecule has 0 aliphatic heterocycles. The van der Waals surface area contributed by atoms with Gasteiger partial charge in [0.2, 0.25) is 0 Å². The van der Waals surface area contributed by atoms with Gasteiger partial charge in [-0.05, 0) is 24.3 Å². The summed E-state index contributed by atoms with van der Waals surface area (Å²) in [5, 5.41) is 14.4. The van der Waals surface area contributed by atoms with Crippen molar-refractivity contribution in [1.29, 1.82) is 0 Å². The van der Waals surface area contributed by atoms with E-state index in [-0.39, 0.29) is 5.69 Å². The largest absolute Gasteiger partial charge is 0.269 e. The van der Waals surface area contributed by atoms with Crippen LogP contribution in [0.1, 0.15) is 0 Å². The van der Waals surface area contributed by atoms with Crippen molar-refractivity contribution in [1.82, 2.24) is 4.98 Å². The Labute approximate surface area is 150 Å². The Morgan fingerprint density at radius 1 is 1.09 bits per heavy atom. The molecule has 0 amide bonds. The minimum Gasteiger partial charge on any atom is -0.258 e. The van der Waals surface area contributed by atoms with Crippen LogP contribution in [0.25, 0.3) is 21.8 Å². The molecule has 0 N–H and O–H groups in total. The predicted octanol–water partition coefficient (Wildman–Crippen LogP) is 6.35. The normalized spacial score (nSPS) is 10.7. The van der Waals surface area contributed by atoms with Crippen LogP contribution in [-0.2, 0) is 0 Å². The predicted molar refractivity (Wildman–Crippen MR) is 94.7 cm³/mol. The summed E-state index contributed by atoms with van der Waals surface area (Å²) in [4.78, 5) is 14.8. The smallest absolute Gasteiger partial charge is 0.258 e. The first-order valence-electron chi connectivity index (χ1n) is 6.31. The van der Waals surface area contributed by atoms with Crippen LogP contribution >= 0.6 is 46.1 Å². The number of nitro benzene ring substituents is 1. The topological polar surface area (TPSA) is 56.0 Å². The minimum atomic E-state index is -0.440. The maximum Gasteiger partial charge on any atom is 0.269 e. The fraction of sp³-hybridized carbons (Fsp3) is 0. The molecule has 0 saturated carbocycles. The minimum absolute atomic E-state index is 0.0360. The highest BCUT2D eigenvalue weighted by atomic mass is 35.5. The van der Waals surface area contributed by atoms with E-state index in [4.69, 9.17) is 34.8 Å². The highest BCUT2D eigenvalue weighted by Gasteiger charge is 2.14. The van der Waals surface area contributed by atoms with Gasteiger partial charge in [-0.3, -0.25) is 10.1 Å². The maximum atomic E-state index is 10.7. The van der Waals surface area contributed by atoms with Crippen molar-refractivity contribution in [3.63, 3.8) is 0 Å². The van der Waals surface area contributed by atoms with Gasteiger partial charge in [0.25, 0.3) is 5.69 Å². The average molecular weight is 386 g/mol. The Morgan fingerprint density at radius 2 is 1.78 bits per heavy atom. The Balaban J connectivity index is 1.99. The van der Waals surface area contributed by atoms with Gasteiger partial charge in [-0.1, -0.05) is 34.8 Å². The quantitative estimate of drug-likeness (QED) is 0.300. The van der Waals surface area contributed by atoms with Crippen molar-refractivity contribution in [3.8, 4) is 21.8 Å². The van der Waals surface area contributed by atoms with Crippen molar-refractivity contribution in [2.24, 2.45) is 0 Å². The molecule has 8 heteroatoms. The number of aromatic nitrogens is 1. The Kier molecular flexibility index (Phi) is 4.55. The van der Waals surface area contributed by atoms with Crippen molar-refractivity contribution in [2.75, 3.05) is 0 Å². The lowest BCUT2D eigenvalue weighted by Gasteiger charge is -2.03. The van der Waals surface area contributed by atoms with Crippen molar-refractivity contribution in [3.05, 3.63) is 67.0 Å². The molecule has 0 aliphatic carbocycles. The summed E-state index contributed by atoms with van der Waals surface area (Å²) in [6, 6.07) is 9.47. The fourth-order valence-corrected chi connectivity index (χ4v) is 3.59. The van der Waals surface area contributed by atoms with Crippen LogP contribution in [0.5, 0.6) is 0 Å². The van der Waals surface area contributed by atoms with Gasteiger partial charge in [0.15, 0.2) is 0 Å². The molecule has 1 heterocycles. The second-order valence-electron chi connectivity index (χ2n) is 4.59. The molecule has 0 unspecified atom stereocenters. The van der Waals surface area contributed by atoms with Gasteiger partial charge in [0.1, 0.15) is 5.01 Å². The molecule has 0 spiro atoms. The molecule has 0 saturated heterocycles. The van der Waals surface area contributed by atoms with Crippen molar-refractivity contribution in [2.45, 2.75) is 0 Å². The van der Waals surface area contributed by atoms with Gasteiger partial charge in [-0.15, -0.1) is 11.3 Å². The Bertz CT molecular complexity index is 894. The molecule has 0 bridgehead atoms. The summed E-state index contributed by atoms with van der Waals surface area (Å²) in [6.07, 6.45) is 0. The SMILES string of the molecule is O=[N+]([O-])c1ccc(-c2csc(-c3cc(Cl)cc(Cl)c3Cl)n2)cc1. The van der Waals surface area contributed by atoms with Gasteiger partial charge in [-0.2, -0.15) is 0 Å². The summed E-state index contributed by atoms with van der Waals surface area (Å²) < 4.78 is 0. The van der Waals surface area contributed by atoms with Crippen LogP contribution in [0.2, 0.25) is 15.1 Å². The molecule has 1 aromatic heterocycles. The first-order valence-corrected chi connectivity index (χ1v) is 8.32. The fourth-order valence-electron chi connectivity index (χ4n) is 2.00. The molecular formula is C15H7Cl3N2O2S. The summed E-state index contributed by atoms with van der Waals surface area (Å²) in [5.41, 5.74) is 2.17. The lowest BCUT2D eigenvalue weighted by molar-refractivity contribution is -0.384. The molecule has 23 heavy (non-hydrogen) atoms. The second kappa shape index (κ2) is 6.45. The highest BCUT2D eigenvalue weighted by molar-refractivity contribution is 7.13. The van der Waals surface area contributed by atoms with Crippen LogP contribution in [-0.4, -0.2) is 9.91 Å². The molecular weight excluding hydrogens is 379 g/mol. The zero-order chi connectivity index (χ0) is 16.6. The van der Waals surface area contributed by atoms with Crippen LogP contribution in [0.4, 0.5) is 5.69 Å². The van der Waals surface area contributed by atoms with E-state index in [9.17, 15) is 10.1 Å². The molecule has 2 aromatic carbocycles. The van der Waals surface area contributed by atoms with E-state index in [2.05, 4.69) is 4.98 Å². The van der Waals surface area contributed by atoms with Crippen LogP contribution in [0, 0.1) is 10.1 Å². The second-order valence-corrected chi connectivity index (χ2v) is 6.67. The van der Waals surface area contributed by atoms with Gasteiger partial charge >= 0.3 is 0 Å². The monoisotopic (exact) mass is 384 g/mol. The molecule has 4 nitrogen and oxygen atoms in total. The standard InChI is InChI=1S/C15H7Cl3N2O2S/c16-9-5-11(14(18)12(17)6-9)15-19-13(7-23-15)8-1-3-10(4-2-8)20(21)22/h1-7H.